The van der Waals surface area contributed by atoms with E-state index in [-0.39, 0.29) is 0 Å². The Balaban J connectivity index is 2.55. The second-order valence-electron chi connectivity index (χ2n) is 2.66. The first-order valence-electron chi connectivity index (χ1n) is 4.06. The van der Waals surface area contributed by atoms with Crippen LogP contribution < -0.4 is 0 Å². The number of rotatable bonds is 2. The molecule has 0 spiro atoms. The van der Waals surface area contributed by atoms with Crippen molar-refractivity contribution < 1.29 is 0 Å². The van der Waals surface area contributed by atoms with Gasteiger partial charge in [-0.1, -0.05) is 12.1 Å². The summed E-state index contributed by atoms with van der Waals surface area (Å²) in [7, 11) is 0. The van der Waals surface area contributed by atoms with E-state index in [9.17, 15) is 0 Å². The lowest BCUT2D eigenvalue weighted by atomic mass is 10.4. The van der Waals surface area contributed by atoms with E-state index in [1.165, 1.54) is 0 Å². The molecule has 0 radical (unpaired) electrons. The van der Waals surface area contributed by atoms with Gasteiger partial charge >= 0.3 is 0 Å². The number of aromatic nitrogens is 4. The number of hydrogen-bond acceptors (Lipinski definition) is 3. The molecule has 0 saturated carbocycles. The molecule has 4 nitrogen and oxygen atoms in total. The molecule has 4 heteroatoms. The molecule has 0 fully saturated rings. The molecule has 0 atom stereocenters. The average molecular weight is 162 g/mol. The Labute approximate surface area is 70.2 Å². The van der Waals surface area contributed by atoms with Crippen molar-refractivity contribution >= 4 is 11.2 Å². The minimum atomic E-state index is 0.867. The fraction of sp³-hybridized carbons (Fsp3) is 0.375. The first-order valence-corrected chi connectivity index (χ1v) is 4.06. The van der Waals surface area contributed by atoms with Crippen LogP contribution in [-0.4, -0.2) is 20.0 Å². The summed E-state index contributed by atoms with van der Waals surface area (Å²) < 4.78 is 1.83. The maximum Gasteiger partial charge on any atom is 0.178 e. The van der Waals surface area contributed by atoms with Gasteiger partial charge in [0, 0.05) is 12.7 Å². The minimum Gasteiger partial charge on any atom is -0.235 e. The third-order valence-corrected chi connectivity index (χ3v) is 1.71. The van der Waals surface area contributed by atoms with Gasteiger partial charge in [-0.2, -0.15) is 0 Å². The lowest BCUT2D eigenvalue weighted by Crippen LogP contribution is -1.99. The highest BCUT2D eigenvalue weighted by atomic mass is 15.4. The molecule has 62 valence electrons. The topological polar surface area (TPSA) is 43.6 Å². The molecule has 12 heavy (non-hydrogen) atoms. The Morgan fingerprint density at radius 2 is 2.42 bits per heavy atom. The van der Waals surface area contributed by atoms with Gasteiger partial charge in [-0.15, -0.1) is 5.10 Å². The van der Waals surface area contributed by atoms with Gasteiger partial charge in [-0.3, -0.25) is 0 Å². The number of nitrogens with zero attached hydrogens (tertiary/aromatic N) is 4. The summed E-state index contributed by atoms with van der Waals surface area (Å²) in [6, 6.07) is 3.79. The summed E-state index contributed by atoms with van der Waals surface area (Å²) in [6.07, 6.45) is 2.81. The minimum absolute atomic E-state index is 0.867. The largest absolute Gasteiger partial charge is 0.235 e. The Morgan fingerprint density at radius 1 is 1.50 bits per heavy atom. The highest BCUT2D eigenvalue weighted by Gasteiger charge is 2.01. The molecular formula is C8H10N4. The fourth-order valence-corrected chi connectivity index (χ4v) is 1.17. The average Bonchev–Trinajstić information content (AvgIpc) is 2.50. The predicted octanol–water partition coefficient (Wildman–Crippen LogP) is 1.24. The number of hydrogen-bond donors (Lipinski definition) is 0. The third kappa shape index (κ3) is 1.05. The Morgan fingerprint density at radius 3 is 3.25 bits per heavy atom. The molecule has 0 aliphatic heterocycles. The standard InChI is InChI=1S/C8H10N4/c1-2-6-12-8-7(10-11-12)4-3-5-9-8/h3-5H,2,6H2,1H3. The van der Waals surface area contributed by atoms with Crippen molar-refractivity contribution in [2.24, 2.45) is 0 Å². The molecule has 2 rings (SSSR count). The quantitative estimate of drug-likeness (QED) is 0.667. The van der Waals surface area contributed by atoms with Gasteiger partial charge in [0.05, 0.1) is 0 Å². The summed E-state index contributed by atoms with van der Waals surface area (Å²) in [6.45, 7) is 2.99. The first-order chi connectivity index (χ1) is 5.92. The lowest BCUT2D eigenvalue weighted by Gasteiger charge is -1.95. The van der Waals surface area contributed by atoms with E-state index in [1.807, 2.05) is 16.8 Å². The van der Waals surface area contributed by atoms with Crippen LogP contribution in [-0.2, 0) is 6.54 Å². The van der Waals surface area contributed by atoms with Crippen LogP contribution in [0.1, 0.15) is 13.3 Å². The van der Waals surface area contributed by atoms with Crippen molar-refractivity contribution in [3.8, 4) is 0 Å². The highest BCUT2D eigenvalue weighted by molar-refractivity contribution is 5.68. The van der Waals surface area contributed by atoms with Crippen molar-refractivity contribution in [1.29, 1.82) is 0 Å². The van der Waals surface area contributed by atoms with E-state index in [0.29, 0.717) is 0 Å². The number of pyridine rings is 1. The smallest absolute Gasteiger partial charge is 0.178 e. The van der Waals surface area contributed by atoms with Crippen molar-refractivity contribution in [1.82, 2.24) is 20.0 Å². The molecule has 0 aromatic carbocycles. The summed E-state index contributed by atoms with van der Waals surface area (Å²) in [4.78, 5) is 4.20. The zero-order chi connectivity index (χ0) is 8.39. The molecule has 0 aliphatic carbocycles. The van der Waals surface area contributed by atoms with Gasteiger partial charge in [-0.05, 0) is 18.6 Å². The van der Waals surface area contributed by atoms with Crippen LogP contribution in [0.15, 0.2) is 18.3 Å². The lowest BCUT2D eigenvalue weighted by molar-refractivity contribution is 0.591. The summed E-state index contributed by atoms with van der Waals surface area (Å²) in [5.74, 6) is 0. The van der Waals surface area contributed by atoms with Crippen LogP contribution in [0.2, 0.25) is 0 Å². The van der Waals surface area contributed by atoms with E-state index in [0.717, 1.165) is 24.1 Å². The first kappa shape index (κ1) is 7.21. The van der Waals surface area contributed by atoms with Crippen LogP contribution in [0, 0.1) is 0 Å². The maximum atomic E-state index is 4.20. The van der Waals surface area contributed by atoms with Gasteiger partial charge in [-0.25, -0.2) is 9.67 Å². The maximum absolute atomic E-state index is 4.20. The zero-order valence-electron chi connectivity index (χ0n) is 6.94. The molecule has 2 aromatic heterocycles. The monoisotopic (exact) mass is 162 g/mol. The SMILES string of the molecule is CCCn1nnc2cccnc21. The molecule has 0 unspecified atom stereocenters. The van der Waals surface area contributed by atoms with E-state index in [4.69, 9.17) is 0 Å². The van der Waals surface area contributed by atoms with E-state index < -0.39 is 0 Å². The number of aryl methyl sites for hydroxylation is 1. The van der Waals surface area contributed by atoms with Gasteiger partial charge in [0.15, 0.2) is 5.65 Å². The van der Waals surface area contributed by atoms with Crippen LogP contribution >= 0.6 is 0 Å². The zero-order valence-corrected chi connectivity index (χ0v) is 6.94. The van der Waals surface area contributed by atoms with Crippen LogP contribution in [0.5, 0.6) is 0 Å². The molecule has 0 bridgehead atoms. The van der Waals surface area contributed by atoms with Crippen molar-refractivity contribution in [3.63, 3.8) is 0 Å². The molecule has 2 heterocycles. The molecule has 0 N–H and O–H groups in total. The third-order valence-electron chi connectivity index (χ3n) is 1.71. The molecular weight excluding hydrogens is 152 g/mol. The molecule has 2 aromatic rings. The van der Waals surface area contributed by atoms with Crippen molar-refractivity contribution in [2.75, 3.05) is 0 Å². The van der Waals surface area contributed by atoms with Gasteiger partial charge in [0.1, 0.15) is 5.52 Å². The van der Waals surface area contributed by atoms with Crippen LogP contribution in [0.3, 0.4) is 0 Å². The van der Waals surface area contributed by atoms with Crippen molar-refractivity contribution in [3.05, 3.63) is 18.3 Å². The van der Waals surface area contributed by atoms with Gasteiger partial charge < -0.3 is 0 Å². The van der Waals surface area contributed by atoms with E-state index in [1.54, 1.807) is 6.20 Å². The van der Waals surface area contributed by atoms with Crippen molar-refractivity contribution in [2.45, 2.75) is 19.9 Å². The fourth-order valence-electron chi connectivity index (χ4n) is 1.17. The Hall–Kier alpha value is -1.45. The van der Waals surface area contributed by atoms with Gasteiger partial charge in [0.2, 0.25) is 0 Å². The molecule has 0 amide bonds. The van der Waals surface area contributed by atoms with E-state index in [2.05, 4.69) is 22.2 Å². The summed E-state index contributed by atoms with van der Waals surface area (Å²) >= 11 is 0. The van der Waals surface area contributed by atoms with Gasteiger partial charge in [0.25, 0.3) is 0 Å². The summed E-state index contributed by atoms with van der Waals surface area (Å²) in [5, 5.41) is 7.98. The second-order valence-corrected chi connectivity index (χ2v) is 2.66. The van der Waals surface area contributed by atoms with E-state index >= 15 is 0 Å². The number of fused-ring (bicyclic) bond motifs is 1. The Kier molecular flexibility index (Phi) is 1.74. The van der Waals surface area contributed by atoms with Crippen LogP contribution in [0.4, 0.5) is 0 Å². The van der Waals surface area contributed by atoms with Crippen LogP contribution in [0.25, 0.3) is 11.2 Å². The summed E-state index contributed by atoms with van der Waals surface area (Å²) in [5.41, 5.74) is 1.74. The second kappa shape index (κ2) is 2.89. The normalized spacial score (nSPS) is 10.8. The molecule has 0 saturated heterocycles. The predicted molar refractivity (Wildman–Crippen MR) is 45.6 cm³/mol. The highest BCUT2D eigenvalue weighted by Crippen LogP contribution is 2.05. The Bertz CT molecular complexity index is 379. The molecule has 0 aliphatic rings.